The molecule has 96 valence electrons. The van der Waals surface area contributed by atoms with Crippen molar-refractivity contribution in [3.8, 4) is 0 Å². The molecule has 18 heavy (non-hydrogen) atoms. The van der Waals surface area contributed by atoms with Gasteiger partial charge in [0.05, 0.1) is 11.6 Å². The number of ether oxygens (including phenoxy) is 1. The molecular formula is C13H12ClFO2S. The molecule has 0 saturated heterocycles. The van der Waals surface area contributed by atoms with Crippen molar-refractivity contribution in [2.24, 2.45) is 0 Å². The lowest BCUT2D eigenvalue weighted by Crippen LogP contribution is -2.04. The Hall–Kier alpha value is -1.13. The second-order valence-electron chi connectivity index (χ2n) is 3.88. The second-order valence-corrected chi connectivity index (χ2v) is 5.31. The molecular weight excluding hydrogens is 275 g/mol. The van der Waals surface area contributed by atoms with Gasteiger partial charge in [0.25, 0.3) is 0 Å². The van der Waals surface area contributed by atoms with E-state index in [4.69, 9.17) is 16.3 Å². The fourth-order valence-electron chi connectivity index (χ4n) is 1.55. The molecule has 0 N–H and O–H groups in total. The van der Waals surface area contributed by atoms with E-state index in [-0.39, 0.29) is 5.82 Å². The van der Waals surface area contributed by atoms with Gasteiger partial charge in [0, 0.05) is 10.1 Å². The monoisotopic (exact) mass is 286 g/mol. The van der Waals surface area contributed by atoms with E-state index >= 15 is 0 Å². The molecule has 0 aliphatic rings. The number of carbonyl (C=O) groups is 1. The molecule has 2 rings (SSSR count). The van der Waals surface area contributed by atoms with Crippen molar-refractivity contribution in [3.63, 3.8) is 0 Å². The Morgan fingerprint density at radius 1 is 1.50 bits per heavy atom. The number of thiophene rings is 1. The summed E-state index contributed by atoms with van der Waals surface area (Å²) in [5, 5.41) is 1.03. The maximum absolute atomic E-state index is 13.1. The lowest BCUT2D eigenvalue weighted by Gasteiger charge is -2.01. The maximum atomic E-state index is 13.1. The molecule has 1 aromatic heterocycles. The van der Waals surface area contributed by atoms with Crippen molar-refractivity contribution in [2.45, 2.75) is 19.8 Å². The minimum absolute atomic E-state index is 0.341. The number of hydrogen-bond donors (Lipinski definition) is 0. The number of hydrogen-bond acceptors (Lipinski definition) is 3. The number of unbranched alkanes of at least 4 members (excludes halogenated alkanes) is 1. The summed E-state index contributed by atoms with van der Waals surface area (Å²) in [5.41, 5.74) is 0. The van der Waals surface area contributed by atoms with E-state index in [1.165, 1.54) is 12.1 Å². The van der Waals surface area contributed by atoms with Gasteiger partial charge in [-0.25, -0.2) is 9.18 Å². The van der Waals surface area contributed by atoms with Gasteiger partial charge in [-0.1, -0.05) is 24.9 Å². The van der Waals surface area contributed by atoms with Gasteiger partial charge in [-0.15, -0.1) is 11.3 Å². The first-order chi connectivity index (χ1) is 8.63. The van der Waals surface area contributed by atoms with Crippen LogP contribution in [0, 0.1) is 5.82 Å². The quantitative estimate of drug-likeness (QED) is 0.604. The van der Waals surface area contributed by atoms with Crippen molar-refractivity contribution < 1.29 is 13.9 Å². The van der Waals surface area contributed by atoms with Gasteiger partial charge in [-0.3, -0.25) is 0 Å². The Morgan fingerprint density at radius 2 is 2.28 bits per heavy atom. The van der Waals surface area contributed by atoms with Gasteiger partial charge in [0.1, 0.15) is 10.7 Å². The molecule has 1 heterocycles. The topological polar surface area (TPSA) is 26.3 Å². The molecule has 5 heteroatoms. The van der Waals surface area contributed by atoms with Crippen LogP contribution in [0.2, 0.25) is 5.02 Å². The SMILES string of the molecule is CCCCOC(=O)c1sc2cc(F)ccc2c1Cl. The Morgan fingerprint density at radius 3 is 3.00 bits per heavy atom. The predicted octanol–water partition coefficient (Wildman–Crippen LogP) is 4.65. The fourth-order valence-corrected chi connectivity index (χ4v) is 2.97. The molecule has 2 aromatic rings. The van der Waals surface area contributed by atoms with Gasteiger partial charge in [-0.05, 0) is 24.6 Å². The van der Waals surface area contributed by atoms with Crippen LogP contribution in [0.1, 0.15) is 29.4 Å². The first-order valence-corrected chi connectivity index (χ1v) is 6.87. The smallest absolute Gasteiger partial charge is 0.349 e. The van der Waals surface area contributed by atoms with Gasteiger partial charge in [-0.2, -0.15) is 0 Å². The normalized spacial score (nSPS) is 10.8. The van der Waals surface area contributed by atoms with Crippen molar-refractivity contribution in [2.75, 3.05) is 6.61 Å². The Kier molecular flexibility index (Phi) is 4.19. The maximum Gasteiger partial charge on any atom is 0.349 e. The van der Waals surface area contributed by atoms with Crippen LogP contribution in [0.4, 0.5) is 4.39 Å². The predicted molar refractivity (Wildman–Crippen MR) is 72.0 cm³/mol. The number of carbonyl (C=O) groups excluding carboxylic acids is 1. The minimum atomic E-state index is -0.435. The van der Waals surface area contributed by atoms with E-state index in [9.17, 15) is 9.18 Å². The highest BCUT2D eigenvalue weighted by molar-refractivity contribution is 7.21. The molecule has 0 saturated carbocycles. The van der Waals surface area contributed by atoms with Crippen LogP contribution < -0.4 is 0 Å². The summed E-state index contributed by atoms with van der Waals surface area (Å²) in [5.74, 6) is -0.777. The van der Waals surface area contributed by atoms with Gasteiger partial charge < -0.3 is 4.74 Å². The molecule has 2 nitrogen and oxygen atoms in total. The van der Waals surface area contributed by atoms with E-state index in [1.807, 2.05) is 6.92 Å². The van der Waals surface area contributed by atoms with E-state index in [0.29, 0.717) is 26.6 Å². The van der Waals surface area contributed by atoms with Gasteiger partial charge in [0.15, 0.2) is 0 Å². The first-order valence-electron chi connectivity index (χ1n) is 5.68. The molecule has 0 amide bonds. The van der Waals surface area contributed by atoms with Crippen LogP contribution in [0.5, 0.6) is 0 Å². The third kappa shape index (κ3) is 2.65. The highest BCUT2D eigenvalue weighted by Gasteiger charge is 2.18. The van der Waals surface area contributed by atoms with Crippen LogP contribution in [0.15, 0.2) is 18.2 Å². The summed E-state index contributed by atoms with van der Waals surface area (Å²) in [6, 6.07) is 4.27. The number of fused-ring (bicyclic) bond motifs is 1. The van der Waals surface area contributed by atoms with E-state index in [0.717, 1.165) is 24.2 Å². The van der Waals surface area contributed by atoms with Crippen molar-refractivity contribution in [3.05, 3.63) is 33.9 Å². The average molecular weight is 287 g/mol. The Bertz CT molecular complexity index is 580. The zero-order valence-corrected chi connectivity index (χ0v) is 11.4. The van der Waals surface area contributed by atoms with Crippen LogP contribution in [0.25, 0.3) is 10.1 Å². The molecule has 0 atom stereocenters. The molecule has 0 aliphatic heterocycles. The largest absolute Gasteiger partial charge is 0.461 e. The lowest BCUT2D eigenvalue weighted by molar-refractivity contribution is 0.0506. The summed E-state index contributed by atoms with van der Waals surface area (Å²) in [6.07, 6.45) is 1.78. The molecule has 0 radical (unpaired) electrons. The highest BCUT2D eigenvalue weighted by Crippen LogP contribution is 2.36. The number of rotatable bonds is 4. The van der Waals surface area contributed by atoms with Crippen molar-refractivity contribution >= 4 is 39.0 Å². The molecule has 0 spiro atoms. The molecule has 0 bridgehead atoms. The van der Waals surface area contributed by atoms with Crippen molar-refractivity contribution in [1.29, 1.82) is 0 Å². The standard InChI is InChI=1S/C13H12ClFO2S/c1-2-3-6-17-13(16)12-11(14)9-5-4-8(15)7-10(9)18-12/h4-5,7H,2-3,6H2,1H3. The Labute approximate surface area is 113 Å². The number of benzene rings is 1. The van der Waals surface area contributed by atoms with Crippen LogP contribution in [-0.4, -0.2) is 12.6 Å². The van der Waals surface area contributed by atoms with Crippen LogP contribution in [0.3, 0.4) is 0 Å². The van der Waals surface area contributed by atoms with Crippen molar-refractivity contribution in [1.82, 2.24) is 0 Å². The summed E-state index contributed by atoms with van der Waals surface area (Å²) in [4.78, 5) is 12.1. The second kappa shape index (κ2) is 5.67. The molecule has 0 fully saturated rings. The fraction of sp³-hybridized carbons (Fsp3) is 0.308. The number of halogens is 2. The summed E-state index contributed by atoms with van der Waals surface area (Å²) >= 11 is 7.26. The van der Waals surface area contributed by atoms with Gasteiger partial charge in [0.2, 0.25) is 0 Å². The lowest BCUT2D eigenvalue weighted by atomic mass is 10.2. The van der Waals surface area contributed by atoms with E-state index in [1.54, 1.807) is 6.07 Å². The molecule has 1 aromatic carbocycles. The summed E-state index contributed by atoms with van der Waals surface area (Å²) < 4.78 is 18.8. The number of esters is 1. The summed E-state index contributed by atoms with van der Waals surface area (Å²) in [7, 11) is 0. The average Bonchev–Trinajstić information content (AvgIpc) is 2.66. The van der Waals surface area contributed by atoms with Gasteiger partial charge >= 0.3 is 5.97 Å². The minimum Gasteiger partial charge on any atom is -0.461 e. The zero-order chi connectivity index (χ0) is 13.1. The molecule has 0 unspecified atom stereocenters. The Balaban J connectivity index is 2.28. The summed E-state index contributed by atoms with van der Waals surface area (Å²) in [6.45, 7) is 2.40. The van der Waals surface area contributed by atoms with E-state index < -0.39 is 5.97 Å². The van der Waals surface area contributed by atoms with E-state index in [2.05, 4.69) is 0 Å². The first kappa shape index (κ1) is 13.3. The van der Waals surface area contributed by atoms with Crippen LogP contribution in [-0.2, 0) is 4.74 Å². The molecule has 0 aliphatic carbocycles. The zero-order valence-electron chi connectivity index (χ0n) is 9.83. The highest BCUT2D eigenvalue weighted by atomic mass is 35.5. The third-order valence-electron chi connectivity index (χ3n) is 2.51. The third-order valence-corrected chi connectivity index (χ3v) is 4.15. The van der Waals surface area contributed by atoms with Crippen LogP contribution >= 0.6 is 22.9 Å².